The Kier molecular flexibility index (Phi) is 4.29. The standard InChI is InChI=1S/C16H24N4O/c17-13-4-6-14(7-5-13)18-16(21)20-11-8-15(12-20)19-9-2-1-3-10-19/h4-7,15H,1-3,8-12,17H2,(H,18,21). The number of nitrogens with zero attached hydrogens (tertiary/aromatic N) is 2. The number of nitrogens with one attached hydrogen (secondary N) is 1. The fourth-order valence-electron chi connectivity index (χ4n) is 3.28. The summed E-state index contributed by atoms with van der Waals surface area (Å²) in [7, 11) is 0. The van der Waals surface area contributed by atoms with E-state index in [0.717, 1.165) is 25.2 Å². The van der Waals surface area contributed by atoms with E-state index in [0.29, 0.717) is 11.7 Å². The molecule has 2 saturated heterocycles. The van der Waals surface area contributed by atoms with Crippen molar-refractivity contribution in [2.75, 3.05) is 37.2 Å². The molecule has 0 bridgehead atoms. The summed E-state index contributed by atoms with van der Waals surface area (Å²) in [6, 6.07) is 7.82. The largest absolute Gasteiger partial charge is 0.399 e. The van der Waals surface area contributed by atoms with Gasteiger partial charge >= 0.3 is 6.03 Å². The van der Waals surface area contributed by atoms with Crippen molar-refractivity contribution < 1.29 is 4.79 Å². The zero-order valence-electron chi connectivity index (χ0n) is 12.4. The lowest BCUT2D eigenvalue weighted by molar-refractivity contribution is 0.164. The van der Waals surface area contributed by atoms with Crippen LogP contribution < -0.4 is 11.1 Å². The van der Waals surface area contributed by atoms with Crippen LogP contribution in [0, 0.1) is 0 Å². The van der Waals surface area contributed by atoms with E-state index in [2.05, 4.69) is 10.2 Å². The van der Waals surface area contributed by atoms with E-state index in [9.17, 15) is 4.79 Å². The van der Waals surface area contributed by atoms with Gasteiger partial charge in [0.15, 0.2) is 0 Å². The third kappa shape index (κ3) is 3.47. The molecule has 1 atom stereocenters. The molecule has 3 N–H and O–H groups in total. The van der Waals surface area contributed by atoms with Gasteiger partial charge in [-0.05, 0) is 56.6 Å². The summed E-state index contributed by atoms with van der Waals surface area (Å²) < 4.78 is 0. The van der Waals surface area contributed by atoms with Crippen molar-refractivity contribution in [2.45, 2.75) is 31.7 Å². The minimum Gasteiger partial charge on any atom is -0.399 e. The van der Waals surface area contributed by atoms with Crippen LogP contribution in [0.25, 0.3) is 0 Å². The number of rotatable bonds is 2. The van der Waals surface area contributed by atoms with Crippen molar-refractivity contribution in [3.8, 4) is 0 Å². The second-order valence-corrected chi connectivity index (χ2v) is 6.04. The SMILES string of the molecule is Nc1ccc(NC(=O)N2CCC(N3CCCCC3)C2)cc1. The Balaban J connectivity index is 1.53. The van der Waals surface area contributed by atoms with Crippen LogP contribution >= 0.6 is 0 Å². The number of hydrogen-bond donors (Lipinski definition) is 2. The first-order chi connectivity index (χ1) is 10.2. The maximum atomic E-state index is 12.3. The highest BCUT2D eigenvalue weighted by Gasteiger charge is 2.30. The van der Waals surface area contributed by atoms with Gasteiger partial charge in [0.25, 0.3) is 0 Å². The van der Waals surface area contributed by atoms with Crippen LogP contribution in [0.2, 0.25) is 0 Å². The van der Waals surface area contributed by atoms with E-state index in [1.54, 1.807) is 12.1 Å². The molecule has 114 valence electrons. The van der Waals surface area contributed by atoms with Crippen molar-refractivity contribution >= 4 is 17.4 Å². The second-order valence-electron chi connectivity index (χ2n) is 6.04. The average Bonchev–Trinajstić information content (AvgIpc) is 3.00. The molecule has 0 aromatic heterocycles. The molecular formula is C16H24N4O. The van der Waals surface area contributed by atoms with Gasteiger partial charge in [0, 0.05) is 30.5 Å². The Bertz CT molecular complexity index is 482. The first-order valence-corrected chi connectivity index (χ1v) is 7.88. The van der Waals surface area contributed by atoms with Crippen molar-refractivity contribution in [3.05, 3.63) is 24.3 Å². The van der Waals surface area contributed by atoms with E-state index < -0.39 is 0 Å². The predicted molar refractivity (Wildman–Crippen MR) is 85.3 cm³/mol. The topological polar surface area (TPSA) is 61.6 Å². The second kappa shape index (κ2) is 6.35. The van der Waals surface area contributed by atoms with Gasteiger partial charge in [-0.15, -0.1) is 0 Å². The first kappa shape index (κ1) is 14.2. The van der Waals surface area contributed by atoms with Crippen LogP contribution in [0.15, 0.2) is 24.3 Å². The third-order valence-corrected chi connectivity index (χ3v) is 4.52. The number of anilines is 2. The van der Waals surface area contributed by atoms with Gasteiger partial charge in [0.05, 0.1) is 0 Å². The minimum atomic E-state index is -0.000666. The van der Waals surface area contributed by atoms with Gasteiger partial charge < -0.3 is 16.0 Å². The van der Waals surface area contributed by atoms with Crippen LogP contribution in [0.4, 0.5) is 16.2 Å². The zero-order valence-corrected chi connectivity index (χ0v) is 12.4. The Hall–Kier alpha value is -1.75. The van der Waals surface area contributed by atoms with Crippen molar-refractivity contribution in [1.29, 1.82) is 0 Å². The van der Waals surface area contributed by atoms with E-state index >= 15 is 0 Å². The number of piperidine rings is 1. The quantitative estimate of drug-likeness (QED) is 0.821. The Morgan fingerprint density at radius 1 is 1.10 bits per heavy atom. The third-order valence-electron chi connectivity index (χ3n) is 4.52. The zero-order chi connectivity index (χ0) is 14.7. The molecule has 0 saturated carbocycles. The van der Waals surface area contributed by atoms with Crippen molar-refractivity contribution in [3.63, 3.8) is 0 Å². The molecule has 0 radical (unpaired) electrons. The van der Waals surface area contributed by atoms with Crippen LogP contribution in [0.3, 0.4) is 0 Å². The summed E-state index contributed by atoms with van der Waals surface area (Å²) in [5.74, 6) is 0. The number of hydrogen-bond acceptors (Lipinski definition) is 3. The summed E-state index contributed by atoms with van der Waals surface area (Å²) in [5, 5.41) is 2.95. The maximum Gasteiger partial charge on any atom is 0.321 e. The summed E-state index contributed by atoms with van der Waals surface area (Å²) in [6.45, 7) is 4.08. The van der Waals surface area contributed by atoms with Gasteiger partial charge in [-0.3, -0.25) is 4.90 Å². The molecule has 0 spiro atoms. The van der Waals surface area contributed by atoms with Crippen LogP contribution in [-0.2, 0) is 0 Å². The number of nitrogens with two attached hydrogens (primary N) is 1. The molecule has 1 unspecified atom stereocenters. The van der Waals surface area contributed by atoms with Crippen LogP contribution in [-0.4, -0.2) is 48.1 Å². The number of carbonyl (C=O) groups is 1. The lowest BCUT2D eigenvalue weighted by atomic mass is 10.1. The summed E-state index contributed by atoms with van der Waals surface area (Å²) >= 11 is 0. The molecule has 3 rings (SSSR count). The molecule has 5 nitrogen and oxygen atoms in total. The number of amides is 2. The highest BCUT2D eigenvalue weighted by molar-refractivity contribution is 5.89. The maximum absolute atomic E-state index is 12.3. The Morgan fingerprint density at radius 2 is 1.81 bits per heavy atom. The van der Waals surface area contributed by atoms with Gasteiger partial charge in [-0.1, -0.05) is 6.42 Å². The number of likely N-dealkylation sites (tertiary alicyclic amines) is 2. The summed E-state index contributed by atoms with van der Waals surface area (Å²) in [5.41, 5.74) is 7.16. The van der Waals surface area contributed by atoms with Crippen LogP contribution in [0.1, 0.15) is 25.7 Å². The van der Waals surface area contributed by atoms with E-state index in [4.69, 9.17) is 5.73 Å². The number of carbonyl (C=O) groups excluding carboxylic acids is 1. The fourth-order valence-corrected chi connectivity index (χ4v) is 3.28. The minimum absolute atomic E-state index is 0.000666. The summed E-state index contributed by atoms with van der Waals surface area (Å²) in [4.78, 5) is 16.8. The molecule has 1 aromatic rings. The Morgan fingerprint density at radius 3 is 2.52 bits per heavy atom. The number of benzene rings is 1. The first-order valence-electron chi connectivity index (χ1n) is 7.88. The van der Waals surface area contributed by atoms with Gasteiger partial charge in [0.1, 0.15) is 0 Å². The molecule has 21 heavy (non-hydrogen) atoms. The summed E-state index contributed by atoms with van der Waals surface area (Å²) in [6.07, 6.45) is 5.04. The van der Waals surface area contributed by atoms with Gasteiger partial charge in [0.2, 0.25) is 0 Å². The molecule has 2 fully saturated rings. The molecular weight excluding hydrogens is 264 g/mol. The van der Waals surface area contributed by atoms with Crippen molar-refractivity contribution in [2.24, 2.45) is 0 Å². The predicted octanol–water partition coefficient (Wildman–Crippen LogP) is 2.36. The Labute approximate surface area is 126 Å². The molecule has 2 amide bonds. The molecule has 2 aliphatic rings. The normalized spacial score (nSPS) is 23.2. The lowest BCUT2D eigenvalue weighted by Gasteiger charge is -2.32. The van der Waals surface area contributed by atoms with E-state index in [1.165, 1.54) is 32.4 Å². The molecule has 5 heteroatoms. The highest BCUT2D eigenvalue weighted by Crippen LogP contribution is 2.21. The molecule has 2 aliphatic heterocycles. The van der Waals surface area contributed by atoms with Gasteiger partial charge in [-0.25, -0.2) is 4.79 Å². The van der Waals surface area contributed by atoms with Gasteiger partial charge in [-0.2, -0.15) is 0 Å². The monoisotopic (exact) mass is 288 g/mol. The highest BCUT2D eigenvalue weighted by atomic mass is 16.2. The lowest BCUT2D eigenvalue weighted by Crippen LogP contribution is -2.42. The van der Waals surface area contributed by atoms with Crippen molar-refractivity contribution in [1.82, 2.24) is 9.80 Å². The molecule has 2 heterocycles. The van der Waals surface area contributed by atoms with E-state index in [-0.39, 0.29) is 6.03 Å². The van der Waals surface area contributed by atoms with E-state index in [1.807, 2.05) is 17.0 Å². The molecule has 1 aromatic carbocycles. The average molecular weight is 288 g/mol. The van der Waals surface area contributed by atoms with Crippen LogP contribution in [0.5, 0.6) is 0 Å². The fraction of sp³-hybridized carbons (Fsp3) is 0.562. The number of urea groups is 1. The molecule has 0 aliphatic carbocycles. The smallest absolute Gasteiger partial charge is 0.321 e. The number of nitrogen functional groups attached to an aromatic ring is 1.